The van der Waals surface area contributed by atoms with Gasteiger partial charge in [0, 0.05) is 18.4 Å². The second kappa shape index (κ2) is 6.95. The smallest absolute Gasteiger partial charge is 0.343 e. The molecule has 3 rings (SSSR count). The van der Waals surface area contributed by atoms with Crippen LogP contribution in [0.3, 0.4) is 0 Å². The molecule has 0 bridgehead atoms. The Balaban J connectivity index is 1.99. The van der Waals surface area contributed by atoms with Crippen LogP contribution >= 0.6 is 15.9 Å². The third-order valence-corrected chi connectivity index (χ3v) is 4.74. The molecule has 3 aromatic heterocycles. The van der Waals surface area contributed by atoms with Crippen molar-refractivity contribution in [2.75, 3.05) is 0 Å². The molecule has 0 aliphatic rings. The Bertz CT molecular complexity index is 1010. The van der Waals surface area contributed by atoms with Gasteiger partial charge in [-0.1, -0.05) is 0 Å². The van der Waals surface area contributed by atoms with Gasteiger partial charge >= 0.3 is 6.18 Å². The van der Waals surface area contributed by atoms with E-state index in [4.69, 9.17) is 0 Å². The van der Waals surface area contributed by atoms with E-state index in [1.54, 1.807) is 23.9 Å². The van der Waals surface area contributed by atoms with E-state index in [9.17, 15) is 18.0 Å². The second-order valence-electron chi connectivity index (χ2n) is 5.95. The van der Waals surface area contributed by atoms with Gasteiger partial charge in [-0.2, -0.15) is 23.4 Å². The molecule has 1 amide bonds. The van der Waals surface area contributed by atoms with E-state index < -0.39 is 23.8 Å². The zero-order chi connectivity index (χ0) is 19.9. The fourth-order valence-electron chi connectivity index (χ4n) is 2.77. The number of hydrogen-bond donors (Lipinski definition) is 1. The van der Waals surface area contributed by atoms with Crippen LogP contribution in [0.25, 0.3) is 5.65 Å². The summed E-state index contributed by atoms with van der Waals surface area (Å²) in [5.74, 6) is -0.616. The molecule has 0 aromatic carbocycles. The number of nitrogens with one attached hydrogen (secondary N) is 1. The summed E-state index contributed by atoms with van der Waals surface area (Å²) in [5.41, 5.74) is -0.299. The van der Waals surface area contributed by atoms with Gasteiger partial charge in [0.05, 0.1) is 16.2 Å². The number of carbonyl (C=O) groups excluding carboxylic acids is 1. The summed E-state index contributed by atoms with van der Waals surface area (Å²) >= 11 is 3.16. The summed E-state index contributed by atoms with van der Waals surface area (Å²) in [6.07, 6.45) is -3.02. The average Bonchev–Trinajstić information content (AvgIpc) is 3.18. The zero-order valence-corrected chi connectivity index (χ0v) is 16.3. The second-order valence-corrected chi connectivity index (χ2v) is 6.74. The number of amides is 1. The van der Waals surface area contributed by atoms with Gasteiger partial charge in [-0.25, -0.2) is 9.50 Å². The Kier molecular flexibility index (Phi) is 4.98. The molecule has 0 saturated carbocycles. The lowest BCUT2D eigenvalue weighted by atomic mass is 10.2. The molecule has 1 N–H and O–H groups in total. The maximum absolute atomic E-state index is 13.3. The van der Waals surface area contributed by atoms with Gasteiger partial charge in [0.25, 0.3) is 5.91 Å². The van der Waals surface area contributed by atoms with Crippen molar-refractivity contribution in [1.29, 1.82) is 0 Å². The number of rotatable bonds is 4. The van der Waals surface area contributed by atoms with Crippen LogP contribution in [0, 0.1) is 6.92 Å². The highest BCUT2D eigenvalue weighted by Gasteiger charge is 2.36. The molecule has 144 valence electrons. The summed E-state index contributed by atoms with van der Waals surface area (Å²) in [6.45, 7) is 5.74. The van der Waals surface area contributed by atoms with Crippen LogP contribution in [-0.2, 0) is 12.7 Å². The summed E-state index contributed by atoms with van der Waals surface area (Å²) < 4.78 is 42.4. The number of carbonyl (C=O) groups is 1. The molecule has 0 saturated heterocycles. The van der Waals surface area contributed by atoms with Crippen LogP contribution in [0.2, 0.25) is 0 Å². The summed E-state index contributed by atoms with van der Waals surface area (Å²) in [7, 11) is 0. The highest BCUT2D eigenvalue weighted by atomic mass is 79.9. The minimum absolute atomic E-state index is 0.0706. The topological polar surface area (TPSA) is 77.1 Å². The molecule has 3 aromatic rings. The Morgan fingerprint density at radius 3 is 2.74 bits per heavy atom. The monoisotopic (exact) mass is 444 g/mol. The Hall–Kier alpha value is -2.43. The molecule has 7 nitrogen and oxygen atoms in total. The number of nitrogens with zero attached hydrogens (tertiary/aromatic N) is 5. The van der Waals surface area contributed by atoms with Crippen molar-refractivity contribution in [3.8, 4) is 0 Å². The first kappa shape index (κ1) is 19.3. The Labute approximate surface area is 160 Å². The highest BCUT2D eigenvalue weighted by Crippen LogP contribution is 2.32. The summed E-state index contributed by atoms with van der Waals surface area (Å²) in [5, 5.41) is 10.7. The minimum Gasteiger partial charge on any atom is -0.343 e. The first-order valence-corrected chi connectivity index (χ1v) is 8.88. The van der Waals surface area contributed by atoms with Gasteiger partial charge in [-0.15, -0.1) is 0 Å². The quantitative estimate of drug-likeness (QED) is 0.667. The zero-order valence-electron chi connectivity index (χ0n) is 14.7. The number of aryl methyl sites for hydroxylation is 2. The molecule has 3 heterocycles. The average molecular weight is 445 g/mol. The van der Waals surface area contributed by atoms with Crippen LogP contribution in [0.5, 0.6) is 0 Å². The van der Waals surface area contributed by atoms with E-state index in [0.29, 0.717) is 11.1 Å². The van der Waals surface area contributed by atoms with E-state index in [1.165, 1.54) is 6.92 Å². The molecular weight excluding hydrogens is 429 g/mol. The predicted octanol–water partition coefficient (Wildman–Crippen LogP) is 3.53. The molecule has 1 atom stereocenters. The highest BCUT2D eigenvalue weighted by molar-refractivity contribution is 9.10. The largest absolute Gasteiger partial charge is 0.433 e. The molecule has 0 aliphatic heterocycles. The van der Waals surface area contributed by atoms with Crippen molar-refractivity contribution < 1.29 is 18.0 Å². The molecule has 11 heteroatoms. The van der Waals surface area contributed by atoms with E-state index in [2.05, 4.69) is 36.4 Å². The molecule has 1 unspecified atom stereocenters. The number of fused-ring (bicyclic) bond motifs is 1. The summed E-state index contributed by atoms with van der Waals surface area (Å²) in [4.78, 5) is 16.7. The lowest BCUT2D eigenvalue weighted by Gasteiger charge is -2.14. The standard InChI is InChI=1S/C16H16BrF3N6O/c1-4-25-10(5-6-21-25)9(3)23-15(27)13-12(17)14-22-8(2)7-11(16(18,19)20)26(14)24-13/h5-7,9H,4H2,1-3H3,(H,23,27). The van der Waals surface area contributed by atoms with Crippen LogP contribution in [0.4, 0.5) is 13.2 Å². The normalized spacial score (nSPS) is 13.1. The van der Waals surface area contributed by atoms with Crippen LogP contribution in [0.15, 0.2) is 22.8 Å². The maximum Gasteiger partial charge on any atom is 0.433 e. The summed E-state index contributed by atoms with van der Waals surface area (Å²) in [6, 6.07) is 2.24. The SMILES string of the molecule is CCn1nccc1C(C)NC(=O)c1nn2c(C(F)(F)F)cc(C)nc2c1Br. The van der Waals surface area contributed by atoms with Gasteiger partial charge in [-0.05, 0) is 48.8 Å². The first-order valence-electron chi connectivity index (χ1n) is 8.09. The van der Waals surface area contributed by atoms with Gasteiger partial charge in [0.2, 0.25) is 0 Å². The van der Waals surface area contributed by atoms with E-state index >= 15 is 0 Å². The number of halogens is 4. The van der Waals surface area contributed by atoms with Crippen molar-refractivity contribution in [3.05, 3.63) is 45.6 Å². The van der Waals surface area contributed by atoms with E-state index in [-0.39, 0.29) is 21.5 Å². The number of hydrogen-bond acceptors (Lipinski definition) is 4. The molecule has 27 heavy (non-hydrogen) atoms. The van der Waals surface area contributed by atoms with Crippen molar-refractivity contribution in [2.45, 2.75) is 39.5 Å². The van der Waals surface area contributed by atoms with Crippen molar-refractivity contribution >= 4 is 27.5 Å². The van der Waals surface area contributed by atoms with Gasteiger partial charge in [0.15, 0.2) is 11.3 Å². The minimum atomic E-state index is -4.63. The molecule has 0 spiro atoms. The van der Waals surface area contributed by atoms with Crippen molar-refractivity contribution in [2.24, 2.45) is 0 Å². The van der Waals surface area contributed by atoms with Crippen LogP contribution < -0.4 is 5.32 Å². The van der Waals surface area contributed by atoms with Crippen LogP contribution in [-0.4, -0.2) is 30.3 Å². The molecule has 0 radical (unpaired) electrons. The van der Waals surface area contributed by atoms with Gasteiger partial charge in [-0.3, -0.25) is 9.48 Å². The van der Waals surface area contributed by atoms with Gasteiger partial charge < -0.3 is 5.32 Å². The fourth-order valence-corrected chi connectivity index (χ4v) is 3.29. The first-order chi connectivity index (χ1) is 12.6. The molecular formula is C16H16BrF3N6O. The Morgan fingerprint density at radius 2 is 2.11 bits per heavy atom. The number of aromatic nitrogens is 5. The molecule has 0 aliphatic carbocycles. The fraction of sp³-hybridized carbons (Fsp3) is 0.375. The van der Waals surface area contributed by atoms with E-state index in [1.807, 2.05) is 6.92 Å². The number of alkyl halides is 3. The van der Waals surface area contributed by atoms with E-state index in [0.717, 1.165) is 11.8 Å². The molecule has 0 fully saturated rings. The van der Waals surface area contributed by atoms with Crippen LogP contribution in [0.1, 0.15) is 47.5 Å². The lowest BCUT2D eigenvalue weighted by Crippen LogP contribution is -2.29. The Morgan fingerprint density at radius 1 is 1.41 bits per heavy atom. The maximum atomic E-state index is 13.3. The van der Waals surface area contributed by atoms with Gasteiger partial charge in [0.1, 0.15) is 5.69 Å². The van der Waals surface area contributed by atoms with Crippen molar-refractivity contribution in [3.63, 3.8) is 0 Å². The predicted molar refractivity (Wildman–Crippen MR) is 94.2 cm³/mol. The third-order valence-electron chi connectivity index (χ3n) is 4.01. The lowest BCUT2D eigenvalue weighted by molar-refractivity contribution is -0.142. The van der Waals surface area contributed by atoms with Crippen molar-refractivity contribution in [1.82, 2.24) is 29.7 Å². The third kappa shape index (κ3) is 3.55.